The first-order valence-electron chi connectivity index (χ1n) is 7.65. The summed E-state index contributed by atoms with van der Waals surface area (Å²) in [7, 11) is 0. The van der Waals surface area contributed by atoms with Crippen molar-refractivity contribution in [3.8, 4) is 0 Å². The zero-order chi connectivity index (χ0) is 13.0. The summed E-state index contributed by atoms with van der Waals surface area (Å²) in [4.78, 5) is 0. The van der Waals surface area contributed by atoms with Crippen LogP contribution in [0.3, 0.4) is 0 Å². The fourth-order valence-electron chi connectivity index (χ4n) is 3.65. The number of nitrogens with two attached hydrogens (primary N) is 1. The summed E-state index contributed by atoms with van der Waals surface area (Å²) in [5.41, 5.74) is 6.50. The molecule has 106 valence electrons. The highest BCUT2D eigenvalue weighted by Gasteiger charge is 2.43. The molecule has 0 amide bonds. The van der Waals surface area contributed by atoms with Gasteiger partial charge in [-0.25, -0.2) is 0 Å². The van der Waals surface area contributed by atoms with Crippen LogP contribution >= 0.6 is 0 Å². The van der Waals surface area contributed by atoms with E-state index in [2.05, 4.69) is 13.8 Å². The summed E-state index contributed by atoms with van der Waals surface area (Å²) in [6.45, 7) is 6.80. The summed E-state index contributed by atoms with van der Waals surface area (Å²) in [5, 5.41) is 0. The van der Waals surface area contributed by atoms with Gasteiger partial charge in [-0.05, 0) is 31.6 Å². The smallest absolute Gasteiger partial charge is 0.0878 e. The Balaban J connectivity index is 2.00. The lowest BCUT2D eigenvalue weighted by Crippen LogP contribution is -2.57. The van der Waals surface area contributed by atoms with E-state index in [-0.39, 0.29) is 11.6 Å². The lowest BCUT2D eigenvalue weighted by molar-refractivity contribution is -0.131. The van der Waals surface area contributed by atoms with Gasteiger partial charge in [0.25, 0.3) is 0 Å². The van der Waals surface area contributed by atoms with E-state index in [1.807, 2.05) is 0 Å². The van der Waals surface area contributed by atoms with Crippen molar-refractivity contribution in [2.75, 3.05) is 19.8 Å². The van der Waals surface area contributed by atoms with Crippen LogP contribution in [0, 0.1) is 11.8 Å². The van der Waals surface area contributed by atoms with Crippen LogP contribution < -0.4 is 5.73 Å². The van der Waals surface area contributed by atoms with E-state index in [0.29, 0.717) is 5.92 Å². The topological polar surface area (TPSA) is 44.5 Å². The maximum Gasteiger partial charge on any atom is 0.0878 e. The molecule has 0 aromatic heterocycles. The predicted octanol–water partition coefficient (Wildman–Crippen LogP) is 2.73. The highest BCUT2D eigenvalue weighted by atomic mass is 16.5. The summed E-state index contributed by atoms with van der Waals surface area (Å²) in [6.07, 6.45) is 7.15. The molecule has 2 N–H and O–H groups in total. The van der Waals surface area contributed by atoms with Crippen molar-refractivity contribution in [1.82, 2.24) is 0 Å². The van der Waals surface area contributed by atoms with Crippen molar-refractivity contribution in [3.05, 3.63) is 0 Å². The van der Waals surface area contributed by atoms with Gasteiger partial charge in [0.2, 0.25) is 0 Å². The Morgan fingerprint density at radius 3 is 2.39 bits per heavy atom. The molecule has 0 bridgehead atoms. The lowest BCUT2D eigenvalue weighted by atomic mass is 9.72. The van der Waals surface area contributed by atoms with Crippen LogP contribution in [-0.2, 0) is 9.47 Å². The first-order valence-corrected chi connectivity index (χ1v) is 7.65. The Bertz CT molecular complexity index is 237. The lowest BCUT2D eigenvalue weighted by Gasteiger charge is -2.46. The molecule has 1 atom stereocenters. The number of hydrogen-bond donors (Lipinski definition) is 1. The number of rotatable bonds is 4. The van der Waals surface area contributed by atoms with E-state index < -0.39 is 0 Å². The van der Waals surface area contributed by atoms with Crippen LogP contribution in [-0.4, -0.2) is 31.5 Å². The normalized spacial score (nSPS) is 34.2. The molecule has 0 aromatic carbocycles. The standard InChI is InChI=1S/C15H29NO2/c1-3-18-15(8-10-17-11-9-15)14(16)13-6-4-12(2)5-7-13/h12-14H,3-11,16H2,1-2H3. The van der Waals surface area contributed by atoms with Crippen molar-refractivity contribution in [2.45, 2.75) is 64.0 Å². The molecule has 3 nitrogen and oxygen atoms in total. The fraction of sp³-hybridized carbons (Fsp3) is 1.00. The molecule has 1 heterocycles. The molecular weight excluding hydrogens is 226 g/mol. The van der Waals surface area contributed by atoms with Crippen molar-refractivity contribution in [1.29, 1.82) is 0 Å². The molecule has 2 aliphatic rings. The van der Waals surface area contributed by atoms with E-state index >= 15 is 0 Å². The van der Waals surface area contributed by atoms with Crippen LogP contribution in [0.25, 0.3) is 0 Å². The van der Waals surface area contributed by atoms with Gasteiger partial charge in [-0.1, -0.05) is 19.8 Å². The predicted molar refractivity (Wildman–Crippen MR) is 73.5 cm³/mol. The Labute approximate surface area is 111 Å². The molecule has 18 heavy (non-hydrogen) atoms. The zero-order valence-electron chi connectivity index (χ0n) is 12.0. The average Bonchev–Trinajstić information content (AvgIpc) is 2.40. The van der Waals surface area contributed by atoms with Crippen molar-refractivity contribution >= 4 is 0 Å². The molecule has 2 rings (SSSR count). The Kier molecular flexibility index (Phi) is 5.05. The third-order valence-electron chi connectivity index (χ3n) is 4.95. The van der Waals surface area contributed by atoms with Gasteiger partial charge in [0.1, 0.15) is 0 Å². The number of ether oxygens (including phenoxy) is 2. The van der Waals surface area contributed by atoms with Crippen LogP contribution in [0.15, 0.2) is 0 Å². The van der Waals surface area contributed by atoms with Crippen LogP contribution in [0.2, 0.25) is 0 Å². The molecule has 3 heteroatoms. The number of hydrogen-bond acceptors (Lipinski definition) is 3. The Hall–Kier alpha value is -0.120. The Morgan fingerprint density at radius 1 is 1.22 bits per heavy atom. The molecule has 1 saturated carbocycles. The summed E-state index contributed by atoms with van der Waals surface area (Å²) in [6, 6.07) is 0.189. The maximum atomic E-state index is 6.61. The molecule has 1 aliphatic carbocycles. The van der Waals surface area contributed by atoms with Crippen molar-refractivity contribution in [3.63, 3.8) is 0 Å². The van der Waals surface area contributed by atoms with Gasteiger partial charge in [-0.3, -0.25) is 0 Å². The Morgan fingerprint density at radius 2 is 1.83 bits per heavy atom. The molecular formula is C15H29NO2. The van der Waals surface area contributed by atoms with Crippen LogP contribution in [0.1, 0.15) is 52.4 Å². The van der Waals surface area contributed by atoms with Crippen molar-refractivity contribution < 1.29 is 9.47 Å². The average molecular weight is 255 g/mol. The van der Waals surface area contributed by atoms with Gasteiger partial charge in [0.15, 0.2) is 0 Å². The molecule has 1 aliphatic heterocycles. The third-order valence-corrected chi connectivity index (χ3v) is 4.95. The summed E-state index contributed by atoms with van der Waals surface area (Å²) in [5.74, 6) is 1.53. The zero-order valence-corrected chi connectivity index (χ0v) is 12.0. The molecule has 1 saturated heterocycles. The SMILES string of the molecule is CCOC1(C(N)C2CCC(C)CC2)CCOCC1. The molecule has 0 spiro atoms. The molecule has 1 unspecified atom stereocenters. The summed E-state index contributed by atoms with van der Waals surface area (Å²) < 4.78 is 11.6. The highest BCUT2D eigenvalue weighted by Crippen LogP contribution is 2.38. The second kappa shape index (κ2) is 6.36. The highest BCUT2D eigenvalue weighted by molar-refractivity contribution is 4.97. The van der Waals surface area contributed by atoms with Crippen molar-refractivity contribution in [2.24, 2.45) is 17.6 Å². The summed E-state index contributed by atoms with van der Waals surface area (Å²) >= 11 is 0. The molecule has 2 fully saturated rings. The monoisotopic (exact) mass is 255 g/mol. The molecule has 0 radical (unpaired) electrons. The van der Waals surface area contributed by atoms with Gasteiger partial charge in [0.05, 0.1) is 5.60 Å². The van der Waals surface area contributed by atoms with Gasteiger partial charge in [0, 0.05) is 38.7 Å². The third kappa shape index (κ3) is 3.06. The minimum atomic E-state index is -0.113. The first-order chi connectivity index (χ1) is 8.68. The van der Waals surface area contributed by atoms with Crippen LogP contribution in [0.4, 0.5) is 0 Å². The van der Waals surface area contributed by atoms with E-state index in [1.54, 1.807) is 0 Å². The van der Waals surface area contributed by atoms with Gasteiger partial charge in [-0.15, -0.1) is 0 Å². The fourth-order valence-corrected chi connectivity index (χ4v) is 3.65. The molecule has 0 aromatic rings. The first kappa shape index (κ1) is 14.3. The van der Waals surface area contributed by atoms with Gasteiger partial charge >= 0.3 is 0 Å². The van der Waals surface area contributed by atoms with Crippen LogP contribution in [0.5, 0.6) is 0 Å². The largest absolute Gasteiger partial charge is 0.381 e. The maximum absolute atomic E-state index is 6.61. The van der Waals surface area contributed by atoms with Gasteiger partial charge in [-0.2, -0.15) is 0 Å². The minimum absolute atomic E-state index is 0.113. The van der Waals surface area contributed by atoms with E-state index in [0.717, 1.165) is 38.6 Å². The van der Waals surface area contributed by atoms with E-state index in [4.69, 9.17) is 15.2 Å². The second-order valence-corrected chi connectivity index (χ2v) is 6.16. The second-order valence-electron chi connectivity index (χ2n) is 6.16. The minimum Gasteiger partial charge on any atom is -0.381 e. The van der Waals surface area contributed by atoms with E-state index in [1.165, 1.54) is 25.7 Å². The van der Waals surface area contributed by atoms with Gasteiger partial charge < -0.3 is 15.2 Å². The quantitative estimate of drug-likeness (QED) is 0.840. The van der Waals surface area contributed by atoms with E-state index in [9.17, 15) is 0 Å².